The molecule has 7 nitrogen and oxygen atoms in total. The number of aliphatic carboxylic acids is 1. The molecule has 0 radical (unpaired) electrons. The van der Waals surface area contributed by atoms with Crippen molar-refractivity contribution in [3.8, 4) is 0 Å². The maximum Gasteiger partial charge on any atom is 0.320 e. The molecule has 0 aliphatic rings. The molecule has 0 aromatic rings. The van der Waals surface area contributed by atoms with E-state index < -0.39 is 40.7 Å². The minimum Gasteiger partial charge on any atom is -0.481 e. The molecule has 15 heavy (non-hydrogen) atoms. The minimum absolute atomic E-state index is 0.418. The Morgan fingerprint density at radius 3 is 2.33 bits per heavy atom. The SMILES string of the molecule is COC(=O)CN(C)S(=O)(=O)CCC(=O)O. The number of likely N-dealkylation sites (N-methyl/N-ethyl adjacent to an activating group) is 1. The van der Waals surface area contributed by atoms with E-state index in [2.05, 4.69) is 4.74 Å². The molecule has 88 valence electrons. The Bertz CT molecular complexity index is 335. The van der Waals surface area contributed by atoms with Crippen LogP contribution in [-0.4, -0.2) is 56.2 Å². The van der Waals surface area contributed by atoms with Gasteiger partial charge in [0.2, 0.25) is 10.0 Å². The number of nitrogens with zero attached hydrogens (tertiary/aromatic N) is 1. The van der Waals surface area contributed by atoms with E-state index >= 15 is 0 Å². The first kappa shape index (κ1) is 13.8. The number of rotatable bonds is 6. The Kier molecular flexibility index (Phi) is 5.23. The van der Waals surface area contributed by atoms with Crippen molar-refractivity contribution in [3.63, 3.8) is 0 Å². The number of carboxylic acids is 1. The Balaban J connectivity index is 4.33. The zero-order valence-electron chi connectivity index (χ0n) is 8.47. The minimum atomic E-state index is -3.71. The maximum atomic E-state index is 11.3. The fourth-order valence-corrected chi connectivity index (χ4v) is 1.76. The van der Waals surface area contributed by atoms with Crippen LogP contribution >= 0.6 is 0 Å². The third-order valence-electron chi connectivity index (χ3n) is 1.63. The molecule has 0 atom stereocenters. The van der Waals surface area contributed by atoms with Gasteiger partial charge in [-0.05, 0) is 0 Å². The number of carbonyl (C=O) groups excluding carboxylic acids is 1. The van der Waals surface area contributed by atoms with Crippen molar-refractivity contribution in [2.75, 3.05) is 26.5 Å². The Hall–Kier alpha value is -1.15. The lowest BCUT2D eigenvalue weighted by molar-refractivity contribution is -0.140. The molecule has 0 fully saturated rings. The summed E-state index contributed by atoms with van der Waals surface area (Å²) in [5.41, 5.74) is 0. The highest BCUT2D eigenvalue weighted by Gasteiger charge is 2.21. The van der Waals surface area contributed by atoms with E-state index in [4.69, 9.17) is 5.11 Å². The van der Waals surface area contributed by atoms with Crippen molar-refractivity contribution in [3.05, 3.63) is 0 Å². The second-order valence-corrected chi connectivity index (χ2v) is 4.99. The third kappa shape index (κ3) is 5.33. The Morgan fingerprint density at radius 2 is 1.93 bits per heavy atom. The summed E-state index contributed by atoms with van der Waals surface area (Å²) in [6, 6.07) is 0. The Labute approximate surface area is 87.7 Å². The molecule has 0 aromatic carbocycles. The van der Waals surface area contributed by atoms with Gasteiger partial charge in [0, 0.05) is 7.05 Å². The summed E-state index contributed by atoms with van der Waals surface area (Å²) in [5, 5.41) is 8.31. The van der Waals surface area contributed by atoms with Crippen molar-refractivity contribution in [1.29, 1.82) is 0 Å². The van der Waals surface area contributed by atoms with Gasteiger partial charge in [-0.25, -0.2) is 8.42 Å². The van der Waals surface area contributed by atoms with Crippen LogP contribution < -0.4 is 0 Å². The Morgan fingerprint density at radius 1 is 1.40 bits per heavy atom. The molecule has 0 rings (SSSR count). The molecule has 0 saturated heterocycles. The molecule has 0 aliphatic carbocycles. The third-order valence-corrected chi connectivity index (χ3v) is 3.43. The van der Waals surface area contributed by atoms with Crippen LogP contribution in [0, 0.1) is 0 Å². The molecule has 8 heteroatoms. The average Bonchev–Trinajstić information content (AvgIpc) is 2.14. The van der Waals surface area contributed by atoms with Crippen molar-refractivity contribution >= 4 is 22.0 Å². The van der Waals surface area contributed by atoms with Crippen LogP contribution in [0.3, 0.4) is 0 Å². The number of esters is 1. The van der Waals surface area contributed by atoms with Gasteiger partial charge in [0.05, 0.1) is 19.3 Å². The van der Waals surface area contributed by atoms with Crippen molar-refractivity contribution < 1.29 is 27.9 Å². The summed E-state index contributed by atoms with van der Waals surface area (Å²) in [5.74, 6) is -2.43. The highest BCUT2D eigenvalue weighted by molar-refractivity contribution is 7.89. The number of carbonyl (C=O) groups is 2. The summed E-state index contributed by atoms with van der Waals surface area (Å²) < 4.78 is 27.7. The lowest BCUT2D eigenvalue weighted by Gasteiger charge is -2.14. The molecule has 0 unspecified atom stereocenters. The van der Waals surface area contributed by atoms with Gasteiger partial charge in [0.15, 0.2) is 0 Å². The topological polar surface area (TPSA) is 101 Å². The van der Waals surface area contributed by atoms with Gasteiger partial charge < -0.3 is 9.84 Å². The van der Waals surface area contributed by atoms with E-state index in [1.165, 1.54) is 7.05 Å². The smallest absolute Gasteiger partial charge is 0.320 e. The van der Waals surface area contributed by atoms with Crippen molar-refractivity contribution in [2.24, 2.45) is 0 Å². The zero-order chi connectivity index (χ0) is 12.1. The van der Waals surface area contributed by atoms with E-state index in [0.717, 1.165) is 11.4 Å². The lowest BCUT2D eigenvalue weighted by atomic mass is 10.5. The highest BCUT2D eigenvalue weighted by Crippen LogP contribution is 2.00. The zero-order valence-corrected chi connectivity index (χ0v) is 9.28. The quantitative estimate of drug-likeness (QED) is 0.590. The molecular formula is C7H13NO6S. The summed E-state index contributed by atoms with van der Waals surface area (Å²) in [6.07, 6.45) is -0.492. The number of carboxylic acid groups (broad SMARTS) is 1. The maximum absolute atomic E-state index is 11.3. The van der Waals surface area contributed by atoms with Gasteiger partial charge in [0.1, 0.15) is 6.54 Å². The van der Waals surface area contributed by atoms with Gasteiger partial charge >= 0.3 is 11.9 Å². The molecule has 0 amide bonds. The van der Waals surface area contributed by atoms with Gasteiger partial charge in [-0.1, -0.05) is 0 Å². The van der Waals surface area contributed by atoms with Crippen LogP contribution in [0.25, 0.3) is 0 Å². The molecule has 0 heterocycles. The molecule has 0 aromatic heterocycles. The average molecular weight is 239 g/mol. The second kappa shape index (κ2) is 5.66. The number of hydrogen-bond acceptors (Lipinski definition) is 5. The van der Waals surface area contributed by atoms with E-state index in [-0.39, 0.29) is 0 Å². The molecule has 0 saturated carbocycles. The van der Waals surface area contributed by atoms with E-state index in [1.807, 2.05) is 0 Å². The van der Waals surface area contributed by atoms with Crippen molar-refractivity contribution in [2.45, 2.75) is 6.42 Å². The molecule has 1 N–H and O–H groups in total. The second-order valence-electron chi connectivity index (χ2n) is 2.79. The first-order chi connectivity index (χ1) is 6.79. The molecule has 0 bridgehead atoms. The van der Waals surface area contributed by atoms with Gasteiger partial charge in [-0.2, -0.15) is 4.31 Å². The van der Waals surface area contributed by atoms with Crippen LogP contribution in [0.1, 0.15) is 6.42 Å². The molecule has 0 aliphatic heterocycles. The summed E-state index contributed by atoms with van der Waals surface area (Å²) in [4.78, 5) is 20.9. The fourth-order valence-electron chi connectivity index (χ4n) is 0.717. The van der Waals surface area contributed by atoms with Crippen LogP contribution in [0.15, 0.2) is 0 Å². The molecule has 0 spiro atoms. The summed E-state index contributed by atoms with van der Waals surface area (Å²) in [6.45, 7) is -0.418. The number of ether oxygens (including phenoxy) is 1. The van der Waals surface area contributed by atoms with Crippen LogP contribution in [0.4, 0.5) is 0 Å². The van der Waals surface area contributed by atoms with Crippen LogP contribution in [-0.2, 0) is 24.3 Å². The number of sulfonamides is 1. The van der Waals surface area contributed by atoms with Crippen molar-refractivity contribution in [1.82, 2.24) is 4.31 Å². The van der Waals surface area contributed by atoms with Gasteiger partial charge in [0.25, 0.3) is 0 Å². The van der Waals surface area contributed by atoms with E-state index in [1.54, 1.807) is 0 Å². The monoisotopic (exact) mass is 239 g/mol. The molecular weight excluding hydrogens is 226 g/mol. The lowest BCUT2D eigenvalue weighted by Crippen LogP contribution is -2.34. The van der Waals surface area contributed by atoms with E-state index in [0.29, 0.717) is 0 Å². The normalized spacial score (nSPS) is 11.4. The highest BCUT2D eigenvalue weighted by atomic mass is 32.2. The fraction of sp³-hybridized carbons (Fsp3) is 0.714. The first-order valence-electron chi connectivity index (χ1n) is 4.02. The van der Waals surface area contributed by atoms with Gasteiger partial charge in [-0.15, -0.1) is 0 Å². The standard InChI is InChI=1S/C7H13NO6S/c1-8(5-7(11)14-2)15(12,13)4-3-6(9)10/h3-5H2,1-2H3,(H,9,10). The number of hydrogen-bond donors (Lipinski definition) is 1. The summed E-state index contributed by atoms with van der Waals surface area (Å²) >= 11 is 0. The largest absolute Gasteiger partial charge is 0.481 e. The van der Waals surface area contributed by atoms with Crippen LogP contribution in [0.5, 0.6) is 0 Å². The predicted octanol–water partition coefficient (Wildman–Crippen LogP) is -1.10. The first-order valence-corrected chi connectivity index (χ1v) is 5.63. The van der Waals surface area contributed by atoms with E-state index in [9.17, 15) is 18.0 Å². The number of methoxy groups -OCH3 is 1. The summed E-state index contributed by atoms with van der Waals surface area (Å²) in [7, 11) is -1.38. The predicted molar refractivity (Wildman–Crippen MR) is 50.7 cm³/mol. The van der Waals surface area contributed by atoms with Crippen LogP contribution in [0.2, 0.25) is 0 Å². The van der Waals surface area contributed by atoms with Gasteiger partial charge in [-0.3, -0.25) is 9.59 Å².